The molecule has 0 saturated carbocycles. The van der Waals surface area contributed by atoms with Gasteiger partial charge in [-0.2, -0.15) is 0 Å². The molecule has 6 heteroatoms. The quantitative estimate of drug-likeness (QED) is 0.387. The van der Waals surface area contributed by atoms with Crippen molar-refractivity contribution in [3.05, 3.63) is 89.5 Å². The third kappa shape index (κ3) is 6.65. The van der Waals surface area contributed by atoms with Crippen molar-refractivity contribution in [3.63, 3.8) is 0 Å². The van der Waals surface area contributed by atoms with Crippen LogP contribution in [0.2, 0.25) is 0 Å². The van der Waals surface area contributed by atoms with Gasteiger partial charge in [-0.1, -0.05) is 66.7 Å². The lowest BCUT2D eigenvalue weighted by Gasteiger charge is -2.26. The zero-order valence-corrected chi connectivity index (χ0v) is 21.4. The summed E-state index contributed by atoms with van der Waals surface area (Å²) in [5.74, 6) is 1.04. The number of nitrogens with zero attached hydrogens (tertiary/aromatic N) is 1. The van der Waals surface area contributed by atoms with Gasteiger partial charge in [-0.25, -0.2) is 0 Å². The summed E-state index contributed by atoms with van der Waals surface area (Å²) in [6, 6.07) is 24.2. The number of amides is 1. The van der Waals surface area contributed by atoms with E-state index in [9.17, 15) is 4.79 Å². The fraction of sp³-hybridized carbons (Fsp3) is 0.367. The van der Waals surface area contributed by atoms with Crippen LogP contribution in [-0.2, 0) is 29.4 Å². The molecular formula is C30H36N2O4. The molecule has 1 heterocycles. The van der Waals surface area contributed by atoms with Gasteiger partial charge in [-0.15, -0.1) is 0 Å². The number of hydrogen-bond donors (Lipinski definition) is 1. The van der Waals surface area contributed by atoms with Crippen LogP contribution in [0, 0.1) is 0 Å². The second-order valence-corrected chi connectivity index (χ2v) is 9.25. The first-order chi connectivity index (χ1) is 17.5. The summed E-state index contributed by atoms with van der Waals surface area (Å²) < 4.78 is 18.9. The standard InChI is InChI=1S/C30H36N2O4/c1-22(27-15-10-18-31-27)34-21-26-16-17-28(35-19-24-11-6-4-7-12-24)30(29(26)32(3)23(2)33)36-20-25-13-8-5-9-14-25/h4-9,11-14,16-17,22,27,31H,10,15,18-21H2,1-3H3/t22?,27-/m1/s1. The minimum atomic E-state index is -0.0912. The van der Waals surface area contributed by atoms with Crippen LogP contribution in [0.5, 0.6) is 11.5 Å². The maximum atomic E-state index is 12.5. The van der Waals surface area contributed by atoms with Crippen molar-refractivity contribution >= 4 is 11.6 Å². The highest BCUT2D eigenvalue weighted by molar-refractivity contribution is 5.94. The van der Waals surface area contributed by atoms with Gasteiger partial charge in [-0.3, -0.25) is 4.79 Å². The fourth-order valence-corrected chi connectivity index (χ4v) is 4.40. The van der Waals surface area contributed by atoms with E-state index in [1.807, 2.05) is 72.8 Å². The summed E-state index contributed by atoms with van der Waals surface area (Å²) in [4.78, 5) is 14.2. The van der Waals surface area contributed by atoms with Crippen LogP contribution in [0.1, 0.15) is 43.4 Å². The molecule has 0 aliphatic carbocycles. The number of carbonyl (C=O) groups is 1. The lowest BCUT2D eigenvalue weighted by molar-refractivity contribution is -0.116. The van der Waals surface area contributed by atoms with E-state index in [0.29, 0.717) is 43.0 Å². The first-order valence-corrected chi connectivity index (χ1v) is 12.6. The molecule has 2 atom stereocenters. The lowest BCUT2D eigenvalue weighted by Crippen LogP contribution is -2.34. The summed E-state index contributed by atoms with van der Waals surface area (Å²) >= 11 is 0. The van der Waals surface area contributed by atoms with Crippen LogP contribution in [0.3, 0.4) is 0 Å². The number of rotatable bonds is 11. The highest BCUT2D eigenvalue weighted by atomic mass is 16.5. The van der Waals surface area contributed by atoms with E-state index in [-0.39, 0.29) is 12.0 Å². The molecule has 0 bridgehead atoms. The van der Waals surface area contributed by atoms with E-state index in [4.69, 9.17) is 14.2 Å². The van der Waals surface area contributed by atoms with E-state index in [2.05, 4.69) is 12.2 Å². The minimum absolute atomic E-state index is 0.0608. The second kappa shape index (κ2) is 12.6. The summed E-state index contributed by atoms with van der Waals surface area (Å²) in [6.45, 7) is 5.80. The molecule has 1 amide bonds. The van der Waals surface area contributed by atoms with Crippen LogP contribution in [0.25, 0.3) is 0 Å². The molecule has 1 N–H and O–H groups in total. The van der Waals surface area contributed by atoms with Crippen molar-refractivity contribution in [1.82, 2.24) is 5.32 Å². The Morgan fingerprint density at radius 2 is 1.58 bits per heavy atom. The Hall–Kier alpha value is -3.35. The molecule has 1 aliphatic heterocycles. The van der Waals surface area contributed by atoms with Crippen LogP contribution < -0.4 is 19.7 Å². The van der Waals surface area contributed by atoms with Gasteiger partial charge in [0, 0.05) is 25.6 Å². The Morgan fingerprint density at radius 1 is 0.944 bits per heavy atom. The number of benzene rings is 3. The highest BCUT2D eigenvalue weighted by Crippen LogP contribution is 2.42. The van der Waals surface area contributed by atoms with Crippen molar-refractivity contribution in [2.75, 3.05) is 18.5 Å². The van der Waals surface area contributed by atoms with Crippen molar-refractivity contribution in [3.8, 4) is 11.5 Å². The lowest BCUT2D eigenvalue weighted by atomic mass is 10.1. The van der Waals surface area contributed by atoms with Crippen molar-refractivity contribution in [2.45, 2.75) is 58.7 Å². The topological polar surface area (TPSA) is 60.0 Å². The van der Waals surface area contributed by atoms with E-state index >= 15 is 0 Å². The van der Waals surface area contributed by atoms with Gasteiger partial charge in [0.1, 0.15) is 13.2 Å². The smallest absolute Gasteiger partial charge is 0.223 e. The summed E-state index contributed by atoms with van der Waals surface area (Å²) in [5.41, 5.74) is 3.65. The molecular weight excluding hydrogens is 452 g/mol. The molecule has 190 valence electrons. The van der Waals surface area contributed by atoms with E-state index in [1.165, 1.54) is 6.42 Å². The average Bonchev–Trinajstić information content (AvgIpc) is 3.45. The van der Waals surface area contributed by atoms with Crippen molar-refractivity contribution in [1.29, 1.82) is 0 Å². The van der Waals surface area contributed by atoms with Crippen LogP contribution in [0.15, 0.2) is 72.8 Å². The minimum Gasteiger partial charge on any atom is -0.485 e. The molecule has 1 fully saturated rings. The van der Waals surface area contributed by atoms with Crippen LogP contribution in [-0.4, -0.2) is 31.6 Å². The summed E-state index contributed by atoms with van der Waals surface area (Å²) in [6.07, 6.45) is 2.34. The molecule has 3 aromatic rings. The predicted molar refractivity (Wildman–Crippen MR) is 142 cm³/mol. The molecule has 4 rings (SSSR count). The fourth-order valence-electron chi connectivity index (χ4n) is 4.40. The Bertz CT molecular complexity index is 1110. The zero-order valence-electron chi connectivity index (χ0n) is 21.4. The maximum absolute atomic E-state index is 12.5. The molecule has 1 saturated heterocycles. The number of nitrogens with one attached hydrogen (secondary N) is 1. The molecule has 1 aliphatic rings. The van der Waals surface area contributed by atoms with Gasteiger partial charge < -0.3 is 24.4 Å². The van der Waals surface area contributed by atoms with Crippen molar-refractivity contribution < 1.29 is 19.0 Å². The number of carbonyl (C=O) groups excluding carboxylic acids is 1. The van der Waals surface area contributed by atoms with Gasteiger partial charge in [0.2, 0.25) is 5.91 Å². The molecule has 0 spiro atoms. The third-order valence-electron chi connectivity index (χ3n) is 6.62. The Kier molecular flexibility index (Phi) is 8.98. The summed E-state index contributed by atoms with van der Waals surface area (Å²) in [5, 5.41) is 3.51. The average molecular weight is 489 g/mol. The van der Waals surface area contributed by atoms with E-state index in [1.54, 1.807) is 18.9 Å². The third-order valence-corrected chi connectivity index (χ3v) is 6.62. The molecule has 3 aromatic carbocycles. The Labute approximate surface area is 214 Å². The summed E-state index contributed by atoms with van der Waals surface area (Å²) in [7, 11) is 1.76. The van der Waals surface area contributed by atoms with Gasteiger partial charge in [0.25, 0.3) is 0 Å². The first-order valence-electron chi connectivity index (χ1n) is 12.6. The van der Waals surface area contributed by atoms with E-state index < -0.39 is 0 Å². The van der Waals surface area contributed by atoms with Crippen LogP contribution >= 0.6 is 0 Å². The Balaban J connectivity index is 1.64. The largest absolute Gasteiger partial charge is 0.485 e. The predicted octanol–water partition coefficient (Wildman–Crippen LogP) is 5.48. The molecule has 6 nitrogen and oxygen atoms in total. The monoisotopic (exact) mass is 488 g/mol. The normalized spacial score (nSPS) is 15.9. The SMILES string of the molecule is CC(=O)N(C)c1c(COC(C)[C@H]2CCCN2)ccc(OCc2ccccc2)c1OCc1ccccc1. The van der Waals surface area contributed by atoms with Gasteiger partial charge in [0.05, 0.1) is 18.4 Å². The maximum Gasteiger partial charge on any atom is 0.223 e. The Morgan fingerprint density at radius 3 is 2.17 bits per heavy atom. The molecule has 36 heavy (non-hydrogen) atoms. The first kappa shape index (κ1) is 25.7. The molecule has 1 unspecified atom stereocenters. The van der Waals surface area contributed by atoms with Gasteiger partial charge in [-0.05, 0) is 43.5 Å². The zero-order chi connectivity index (χ0) is 25.3. The number of ether oxygens (including phenoxy) is 3. The molecule has 0 radical (unpaired) electrons. The van der Waals surface area contributed by atoms with Gasteiger partial charge in [0.15, 0.2) is 11.5 Å². The van der Waals surface area contributed by atoms with Gasteiger partial charge >= 0.3 is 0 Å². The highest BCUT2D eigenvalue weighted by Gasteiger charge is 2.25. The van der Waals surface area contributed by atoms with E-state index in [0.717, 1.165) is 29.7 Å². The second-order valence-electron chi connectivity index (χ2n) is 9.25. The van der Waals surface area contributed by atoms with Crippen molar-refractivity contribution in [2.24, 2.45) is 0 Å². The van der Waals surface area contributed by atoms with Crippen LogP contribution in [0.4, 0.5) is 5.69 Å². The number of anilines is 1. The molecule has 0 aromatic heterocycles. The number of hydrogen-bond acceptors (Lipinski definition) is 5.